The molecule has 6 nitrogen and oxygen atoms in total. The summed E-state index contributed by atoms with van der Waals surface area (Å²) in [5.41, 5.74) is 5.77. The number of nitrogens with two attached hydrogens (primary N) is 1. The smallest absolute Gasteiger partial charge is 0.239 e. The zero-order chi connectivity index (χ0) is 13.8. The highest BCUT2D eigenvalue weighted by atomic mass is 32.1. The van der Waals surface area contributed by atoms with Crippen molar-refractivity contribution in [1.29, 1.82) is 0 Å². The van der Waals surface area contributed by atoms with E-state index in [9.17, 15) is 9.59 Å². The molecular weight excluding hydrogens is 252 g/mol. The second-order valence-electron chi connectivity index (χ2n) is 4.93. The van der Waals surface area contributed by atoms with Crippen LogP contribution in [0.2, 0.25) is 0 Å². The molecule has 7 heteroatoms. The minimum Gasteiger partial charge on any atom is -0.375 e. The first-order valence-corrected chi connectivity index (χ1v) is 6.42. The Morgan fingerprint density at radius 1 is 1.39 bits per heavy atom. The molecule has 2 amide bonds. The average molecular weight is 270 g/mol. The molecule has 0 spiro atoms. The number of hydrogen-bond acceptors (Lipinski definition) is 5. The monoisotopic (exact) mass is 270 g/mol. The van der Waals surface area contributed by atoms with Gasteiger partial charge < -0.3 is 16.4 Å². The lowest BCUT2D eigenvalue weighted by molar-refractivity contribution is -0.126. The van der Waals surface area contributed by atoms with Gasteiger partial charge in [0, 0.05) is 10.9 Å². The fourth-order valence-electron chi connectivity index (χ4n) is 1.27. The molecular formula is C11H18N4O2S. The maximum Gasteiger partial charge on any atom is 0.239 e. The van der Waals surface area contributed by atoms with Gasteiger partial charge in [-0.15, -0.1) is 11.3 Å². The number of nitrogens with zero attached hydrogens (tertiary/aromatic N) is 1. The van der Waals surface area contributed by atoms with Gasteiger partial charge in [0.05, 0.1) is 18.7 Å². The standard InChI is InChI=1S/C11H18N4O2S/c1-11(2,3)15-9(17)5-13-8(16)4-7-6-18-10(12)14-7/h6H,4-5H2,1-3H3,(H2,12,14)(H,13,16)(H,15,17). The molecule has 0 saturated heterocycles. The maximum absolute atomic E-state index is 11.5. The van der Waals surface area contributed by atoms with Crippen molar-refractivity contribution in [3.8, 4) is 0 Å². The summed E-state index contributed by atoms with van der Waals surface area (Å²) in [6, 6.07) is 0. The van der Waals surface area contributed by atoms with Gasteiger partial charge in [0.25, 0.3) is 0 Å². The fourth-order valence-corrected chi connectivity index (χ4v) is 1.83. The van der Waals surface area contributed by atoms with E-state index in [1.165, 1.54) is 11.3 Å². The first kappa shape index (κ1) is 14.4. The molecule has 1 rings (SSSR count). The lowest BCUT2D eigenvalue weighted by Gasteiger charge is -2.20. The Hall–Kier alpha value is -1.63. The molecule has 0 radical (unpaired) electrons. The Balaban J connectivity index is 2.31. The lowest BCUT2D eigenvalue weighted by atomic mass is 10.1. The molecule has 0 bridgehead atoms. The maximum atomic E-state index is 11.5. The number of amides is 2. The van der Waals surface area contributed by atoms with E-state index in [2.05, 4.69) is 15.6 Å². The number of aromatic nitrogens is 1. The molecule has 1 aromatic heterocycles. The summed E-state index contributed by atoms with van der Waals surface area (Å²) in [5.74, 6) is -0.460. The zero-order valence-electron chi connectivity index (χ0n) is 10.7. The first-order chi connectivity index (χ1) is 8.26. The Bertz CT molecular complexity index is 436. The van der Waals surface area contributed by atoms with Crippen molar-refractivity contribution in [2.45, 2.75) is 32.7 Å². The number of hydrogen-bond donors (Lipinski definition) is 3. The van der Waals surface area contributed by atoms with Crippen LogP contribution in [-0.4, -0.2) is 28.9 Å². The van der Waals surface area contributed by atoms with Gasteiger partial charge in [-0.25, -0.2) is 4.98 Å². The molecule has 4 N–H and O–H groups in total. The number of carbonyl (C=O) groups is 2. The van der Waals surface area contributed by atoms with Gasteiger partial charge in [0.15, 0.2) is 5.13 Å². The SMILES string of the molecule is CC(C)(C)NC(=O)CNC(=O)Cc1csc(N)n1. The molecule has 0 aromatic carbocycles. The van der Waals surface area contributed by atoms with Crippen LogP contribution in [0.15, 0.2) is 5.38 Å². The summed E-state index contributed by atoms with van der Waals surface area (Å²) < 4.78 is 0. The minimum absolute atomic E-state index is 0.0320. The number of nitrogens with one attached hydrogen (secondary N) is 2. The second kappa shape index (κ2) is 5.81. The summed E-state index contributed by atoms with van der Waals surface area (Å²) in [5, 5.41) is 7.45. The van der Waals surface area contributed by atoms with Crippen molar-refractivity contribution in [3.05, 3.63) is 11.1 Å². The highest BCUT2D eigenvalue weighted by molar-refractivity contribution is 7.13. The number of anilines is 1. The van der Waals surface area contributed by atoms with Crippen LogP contribution in [0.4, 0.5) is 5.13 Å². The molecule has 0 atom stereocenters. The lowest BCUT2D eigenvalue weighted by Crippen LogP contribution is -2.46. The summed E-state index contributed by atoms with van der Waals surface area (Å²) in [6.07, 6.45) is 0.135. The first-order valence-electron chi connectivity index (χ1n) is 5.54. The Morgan fingerprint density at radius 2 is 2.06 bits per heavy atom. The molecule has 18 heavy (non-hydrogen) atoms. The van der Waals surface area contributed by atoms with Crippen molar-refractivity contribution in [1.82, 2.24) is 15.6 Å². The summed E-state index contributed by atoms with van der Waals surface area (Å²) in [7, 11) is 0. The predicted octanol–water partition coefficient (Wildman–Crippen LogP) is 0.299. The number of carbonyl (C=O) groups excluding carboxylic acids is 2. The van der Waals surface area contributed by atoms with E-state index in [4.69, 9.17) is 5.73 Å². The molecule has 0 aliphatic rings. The van der Waals surface area contributed by atoms with Crippen LogP contribution in [0.25, 0.3) is 0 Å². The van der Waals surface area contributed by atoms with Crippen molar-refractivity contribution < 1.29 is 9.59 Å². The van der Waals surface area contributed by atoms with E-state index < -0.39 is 0 Å². The molecule has 0 fully saturated rings. The van der Waals surface area contributed by atoms with Crippen molar-refractivity contribution in [2.24, 2.45) is 0 Å². The van der Waals surface area contributed by atoms with Gasteiger partial charge in [-0.2, -0.15) is 0 Å². The number of rotatable bonds is 4. The molecule has 100 valence electrons. The van der Waals surface area contributed by atoms with E-state index >= 15 is 0 Å². The van der Waals surface area contributed by atoms with E-state index in [0.29, 0.717) is 10.8 Å². The Kier molecular flexibility index (Phi) is 4.66. The van der Waals surface area contributed by atoms with Gasteiger partial charge >= 0.3 is 0 Å². The normalized spacial score (nSPS) is 11.1. The summed E-state index contributed by atoms with van der Waals surface area (Å²) >= 11 is 1.29. The highest BCUT2D eigenvalue weighted by Crippen LogP contribution is 2.11. The van der Waals surface area contributed by atoms with Crippen molar-refractivity contribution in [2.75, 3.05) is 12.3 Å². The van der Waals surface area contributed by atoms with Crippen LogP contribution >= 0.6 is 11.3 Å². The molecule has 0 aliphatic heterocycles. The predicted molar refractivity (Wildman–Crippen MR) is 71.1 cm³/mol. The van der Waals surface area contributed by atoms with Crippen LogP contribution in [-0.2, 0) is 16.0 Å². The number of thiazole rings is 1. The van der Waals surface area contributed by atoms with Crippen LogP contribution in [0.5, 0.6) is 0 Å². The second-order valence-corrected chi connectivity index (χ2v) is 5.82. The summed E-state index contributed by atoms with van der Waals surface area (Å²) in [4.78, 5) is 27.0. The van der Waals surface area contributed by atoms with E-state index in [0.717, 1.165) is 0 Å². The molecule has 0 unspecified atom stereocenters. The van der Waals surface area contributed by atoms with Gasteiger partial charge in [0.1, 0.15) is 0 Å². The highest BCUT2D eigenvalue weighted by Gasteiger charge is 2.14. The van der Waals surface area contributed by atoms with Gasteiger partial charge in [-0.3, -0.25) is 9.59 Å². The molecule has 1 aromatic rings. The van der Waals surface area contributed by atoms with Crippen LogP contribution in [0.1, 0.15) is 26.5 Å². The third kappa shape index (κ3) is 5.62. The van der Waals surface area contributed by atoms with Crippen LogP contribution in [0.3, 0.4) is 0 Å². The quantitative estimate of drug-likeness (QED) is 0.733. The molecule has 0 aliphatic carbocycles. The van der Waals surface area contributed by atoms with E-state index in [-0.39, 0.29) is 30.3 Å². The van der Waals surface area contributed by atoms with Gasteiger partial charge in [0.2, 0.25) is 11.8 Å². The Labute approximate surface area is 110 Å². The average Bonchev–Trinajstić information content (AvgIpc) is 2.58. The van der Waals surface area contributed by atoms with Gasteiger partial charge in [-0.1, -0.05) is 0 Å². The van der Waals surface area contributed by atoms with Crippen molar-refractivity contribution >= 4 is 28.3 Å². The zero-order valence-corrected chi connectivity index (χ0v) is 11.6. The number of nitrogen functional groups attached to an aromatic ring is 1. The minimum atomic E-state index is -0.300. The summed E-state index contributed by atoms with van der Waals surface area (Å²) in [6.45, 7) is 5.61. The Morgan fingerprint density at radius 3 is 2.56 bits per heavy atom. The van der Waals surface area contributed by atoms with E-state index in [1.807, 2.05) is 20.8 Å². The topological polar surface area (TPSA) is 97.1 Å². The van der Waals surface area contributed by atoms with E-state index in [1.54, 1.807) is 5.38 Å². The molecule has 1 heterocycles. The van der Waals surface area contributed by atoms with Crippen LogP contribution in [0, 0.1) is 0 Å². The third-order valence-electron chi connectivity index (χ3n) is 1.87. The third-order valence-corrected chi connectivity index (χ3v) is 2.59. The largest absolute Gasteiger partial charge is 0.375 e. The molecule has 0 saturated carbocycles. The fraction of sp³-hybridized carbons (Fsp3) is 0.545. The van der Waals surface area contributed by atoms with Gasteiger partial charge in [-0.05, 0) is 20.8 Å². The van der Waals surface area contributed by atoms with Crippen LogP contribution < -0.4 is 16.4 Å². The van der Waals surface area contributed by atoms with Crippen molar-refractivity contribution in [3.63, 3.8) is 0 Å².